The number of hydrogen-bond acceptors (Lipinski definition) is 5. The van der Waals surface area contributed by atoms with Crippen molar-refractivity contribution < 1.29 is 9.53 Å². The molecule has 0 bridgehead atoms. The van der Waals surface area contributed by atoms with E-state index in [9.17, 15) is 4.79 Å². The fraction of sp³-hybridized carbons (Fsp3) is 0.467. The Morgan fingerprint density at radius 1 is 1.38 bits per heavy atom. The third-order valence-electron chi connectivity index (χ3n) is 3.23. The first kappa shape index (κ1) is 15.2. The summed E-state index contributed by atoms with van der Waals surface area (Å²) in [5.74, 6) is 0.669. The van der Waals surface area contributed by atoms with Gasteiger partial charge in [0, 0.05) is 24.1 Å². The van der Waals surface area contributed by atoms with Crippen molar-refractivity contribution in [2.45, 2.75) is 33.2 Å². The Bertz CT molecular complexity index is 585. The van der Waals surface area contributed by atoms with Crippen LogP contribution in [0.2, 0.25) is 0 Å². The van der Waals surface area contributed by atoms with Gasteiger partial charge in [0.15, 0.2) is 5.78 Å². The Kier molecular flexibility index (Phi) is 4.35. The van der Waals surface area contributed by atoms with E-state index in [1.807, 2.05) is 26.8 Å². The van der Waals surface area contributed by atoms with Crippen LogP contribution >= 0.6 is 0 Å². The monoisotopic (exact) mass is 288 g/mol. The van der Waals surface area contributed by atoms with Gasteiger partial charge in [0.25, 0.3) is 0 Å². The molecule has 2 aromatic rings. The second-order valence-corrected chi connectivity index (χ2v) is 5.92. The van der Waals surface area contributed by atoms with Crippen LogP contribution in [0.5, 0.6) is 5.88 Å². The van der Waals surface area contributed by atoms with Gasteiger partial charge in [0.1, 0.15) is 18.7 Å². The number of aromatic nitrogens is 4. The van der Waals surface area contributed by atoms with Crippen LogP contribution in [0, 0.1) is 5.41 Å². The van der Waals surface area contributed by atoms with Gasteiger partial charge in [-0.1, -0.05) is 26.8 Å². The van der Waals surface area contributed by atoms with Crippen LogP contribution < -0.4 is 4.74 Å². The Hall–Kier alpha value is -2.24. The highest BCUT2D eigenvalue weighted by Gasteiger charge is 2.31. The molecule has 21 heavy (non-hydrogen) atoms. The Morgan fingerprint density at radius 3 is 2.62 bits per heavy atom. The molecule has 1 unspecified atom stereocenters. The molecule has 2 aromatic heterocycles. The predicted molar refractivity (Wildman–Crippen MR) is 78.0 cm³/mol. The molecule has 0 radical (unpaired) electrons. The zero-order chi connectivity index (χ0) is 15.5. The molecule has 0 saturated heterocycles. The number of pyridine rings is 1. The summed E-state index contributed by atoms with van der Waals surface area (Å²) in [7, 11) is 1.57. The number of ketones is 1. The number of nitrogens with zero attached hydrogens (tertiary/aromatic N) is 4. The number of methoxy groups -OCH3 is 1. The first-order valence-electron chi connectivity index (χ1n) is 6.79. The summed E-state index contributed by atoms with van der Waals surface area (Å²) < 4.78 is 6.65. The van der Waals surface area contributed by atoms with Gasteiger partial charge in [-0.2, -0.15) is 5.10 Å². The molecule has 6 heteroatoms. The van der Waals surface area contributed by atoms with E-state index in [4.69, 9.17) is 4.74 Å². The third-order valence-corrected chi connectivity index (χ3v) is 3.23. The maximum atomic E-state index is 12.7. The average molecular weight is 288 g/mol. The van der Waals surface area contributed by atoms with Gasteiger partial charge in [-0.15, -0.1) is 0 Å². The van der Waals surface area contributed by atoms with Crippen LogP contribution in [0.3, 0.4) is 0 Å². The van der Waals surface area contributed by atoms with E-state index in [1.165, 1.54) is 6.33 Å². The molecule has 0 fully saturated rings. The zero-order valence-electron chi connectivity index (χ0n) is 12.8. The molecule has 6 nitrogen and oxygen atoms in total. The van der Waals surface area contributed by atoms with Gasteiger partial charge in [0.2, 0.25) is 5.88 Å². The minimum Gasteiger partial charge on any atom is -0.481 e. The van der Waals surface area contributed by atoms with Crippen LogP contribution in [0.15, 0.2) is 31.0 Å². The van der Waals surface area contributed by atoms with E-state index < -0.39 is 5.41 Å². The van der Waals surface area contributed by atoms with Crippen molar-refractivity contribution in [3.8, 4) is 5.88 Å². The Labute approximate surface area is 124 Å². The van der Waals surface area contributed by atoms with Crippen molar-refractivity contribution in [1.82, 2.24) is 19.7 Å². The molecule has 0 aromatic carbocycles. The summed E-state index contributed by atoms with van der Waals surface area (Å²) in [5.41, 5.74) is 0.505. The Balaban J connectivity index is 2.26. The number of carbonyl (C=O) groups excluding carboxylic acids is 1. The van der Waals surface area contributed by atoms with E-state index in [1.54, 1.807) is 30.4 Å². The first-order valence-corrected chi connectivity index (χ1v) is 6.79. The normalized spacial score (nSPS) is 13.0. The standard InChI is InChI=1S/C15H20N4O2/c1-15(2,3)14(20)12(19-10-16-9-18-19)7-11-5-6-13(21-4)17-8-11/h5-6,8-10,12H,7H2,1-4H3. The molecule has 0 N–H and O–H groups in total. The van der Waals surface area contributed by atoms with Crippen molar-refractivity contribution in [3.63, 3.8) is 0 Å². The molecule has 0 amide bonds. The zero-order valence-corrected chi connectivity index (χ0v) is 12.8. The molecular weight excluding hydrogens is 268 g/mol. The molecule has 2 heterocycles. The maximum Gasteiger partial charge on any atom is 0.212 e. The van der Waals surface area contributed by atoms with Crippen molar-refractivity contribution in [1.29, 1.82) is 0 Å². The predicted octanol–water partition coefficient (Wildman–Crippen LogP) is 2.08. The van der Waals surface area contributed by atoms with Gasteiger partial charge >= 0.3 is 0 Å². The van der Waals surface area contributed by atoms with Crippen molar-refractivity contribution >= 4 is 5.78 Å². The summed E-state index contributed by atoms with van der Waals surface area (Å²) in [6.07, 6.45) is 5.26. The highest BCUT2D eigenvalue weighted by atomic mass is 16.5. The second-order valence-electron chi connectivity index (χ2n) is 5.92. The first-order chi connectivity index (χ1) is 9.91. The molecule has 0 aliphatic carbocycles. The minimum atomic E-state index is -0.448. The van der Waals surface area contributed by atoms with E-state index in [2.05, 4.69) is 15.1 Å². The molecule has 112 valence electrons. The third kappa shape index (κ3) is 3.65. The van der Waals surface area contributed by atoms with Gasteiger partial charge < -0.3 is 4.74 Å². The lowest BCUT2D eigenvalue weighted by molar-refractivity contribution is -0.130. The summed E-state index contributed by atoms with van der Waals surface area (Å²) in [5, 5.41) is 4.12. The number of hydrogen-bond donors (Lipinski definition) is 0. The minimum absolute atomic E-state index is 0.115. The fourth-order valence-electron chi connectivity index (χ4n) is 2.06. The number of rotatable bonds is 5. The van der Waals surface area contributed by atoms with Gasteiger partial charge in [-0.3, -0.25) is 4.79 Å². The van der Waals surface area contributed by atoms with Crippen LogP contribution in [0.25, 0.3) is 0 Å². The van der Waals surface area contributed by atoms with Crippen molar-refractivity contribution in [2.24, 2.45) is 5.41 Å². The highest BCUT2D eigenvalue weighted by molar-refractivity contribution is 5.87. The summed E-state index contributed by atoms with van der Waals surface area (Å²) in [4.78, 5) is 20.8. The van der Waals surface area contributed by atoms with E-state index in [0.717, 1.165) is 5.56 Å². The maximum absolute atomic E-state index is 12.7. The smallest absolute Gasteiger partial charge is 0.212 e. The molecule has 2 rings (SSSR count). The topological polar surface area (TPSA) is 69.9 Å². The summed E-state index contributed by atoms with van der Waals surface area (Å²) in [6, 6.07) is 3.31. The number of ether oxygens (including phenoxy) is 1. The fourth-order valence-corrected chi connectivity index (χ4v) is 2.06. The second kappa shape index (κ2) is 6.03. The molecule has 0 spiro atoms. The van der Waals surface area contributed by atoms with Gasteiger partial charge in [0.05, 0.1) is 7.11 Å². The van der Waals surface area contributed by atoms with Gasteiger partial charge in [-0.05, 0) is 5.56 Å². The lowest BCUT2D eigenvalue weighted by atomic mass is 9.84. The van der Waals surface area contributed by atoms with Crippen LogP contribution in [0.1, 0.15) is 32.4 Å². The molecule has 0 aliphatic heterocycles. The quantitative estimate of drug-likeness (QED) is 0.842. The van der Waals surface area contributed by atoms with E-state index in [-0.39, 0.29) is 11.8 Å². The highest BCUT2D eigenvalue weighted by Crippen LogP contribution is 2.26. The lowest BCUT2D eigenvalue weighted by Crippen LogP contribution is -2.32. The van der Waals surface area contributed by atoms with Crippen molar-refractivity contribution in [2.75, 3.05) is 7.11 Å². The largest absolute Gasteiger partial charge is 0.481 e. The number of carbonyl (C=O) groups is 1. The molecular formula is C15H20N4O2. The van der Waals surface area contributed by atoms with Crippen LogP contribution in [-0.2, 0) is 11.2 Å². The Morgan fingerprint density at radius 2 is 2.14 bits per heavy atom. The molecule has 0 aliphatic rings. The van der Waals surface area contributed by atoms with E-state index in [0.29, 0.717) is 12.3 Å². The average Bonchev–Trinajstić information content (AvgIpc) is 2.97. The van der Waals surface area contributed by atoms with Crippen LogP contribution in [0.4, 0.5) is 0 Å². The summed E-state index contributed by atoms with van der Waals surface area (Å²) >= 11 is 0. The van der Waals surface area contributed by atoms with Crippen molar-refractivity contribution in [3.05, 3.63) is 36.5 Å². The molecule has 0 saturated carbocycles. The van der Waals surface area contributed by atoms with E-state index >= 15 is 0 Å². The SMILES string of the molecule is COc1ccc(CC(C(=O)C(C)(C)C)n2cncn2)cn1. The summed E-state index contributed by atoms with van der Waals surface area (Å²) in [6.45, 7) is 5.72. The molecule has 1 atom stereocenters. The lowest BCUT2D eigenvalue weighted by Gasteiger charge is -2.24. The van der Waals surface area contributed by atoms with Crippen LogP contribution in [-0.4, -0.2) is 32.6 Å². The number of Topliss-reactive ketones (excluding diaryl/α,β-unsaturated/α-hetero) is 1. The van der Waals surface area contributed by atoms with Gasteiger partial charge in [-0.25, -0.2) is 14.6 Å².